The van der Waals surface area contributed by atoms with Crippen LogP contribution in [0.25, 0.3) is 0 Å². The Balaban J connectivity index is 1.94. The van der Waals surface area contributed by atoms with Gasteiger partial charge in [-0.25, -0.2) is 8.78 Å². The van der Waals surface area contributed by atoms with Gasteiger partial charge < -0.3 is 10.2 Å². The molecular formula is C15H21F2NO2. The Bertz CT molecular complexity index is 438. The van der Waals surface area contributed by atoms with Crippen molar-refractivity contribution in [2.75, 3.05) is 19.7 Å². The van der Waals surface area contributed by atoms with Gasteiger partial charge in [-0.3, -0.25) is 4.90 Å². The Kier molecular flexibility index (Phi) is 5.46. The van der Waals surface area contributed by atoms with E-state index in [0.29, 0.717) is 12.6 Å². The Labute approximate surface area is 117 Å². The minimum Gasteiger partial charge on any atom is -0.396 e. The van der Waals surface area contributed by atoms with Gasteiger partial charge in [0.1, 0.15) is 11.6 Å². The van der Waals surface area contributed by atoms with Crippen molar-refractivity contribution in [1.82, 2.24) is 4.90 Å². The minimum atomic E-state index is -0.953. The van der Waals surface area contributed by atoms with Gasteiger partial charge in [-0.1, -0.05) is 6.07 Å². The molecule has 2 N–H and O–H groups in total. The number of hydrogen-bond acceptors (Lipinski definition) is 3. The lowest BCUT2D eigenvalue weighted by Crippen LogP contribution is -2.32. The molecule has 1 aliphatic rings. The summed E-state index contributed by atoms with van der Waals surface area (Å²) < 4.78 is 26.5. The smallest absolute Gasteiger partial charge is 0.131 e. The molecule has 1 atom stereocenters. The normalized spacial score (nSPS) is 16.6. The van der Waals surface area contributed by atoms with Gasteiger partial charge in [0.2, 0.25) is 0 Å². The highest BCUT2D eigenvalue weighted by molar-refractivity contribution is 5.21. The van der Waals surface area contributed by atoms with E-state index in [4.69, 9.17) is 5.11 Å². The molecule has 20 heavy (non-hydrogen) atoms. The second-order valence-electron chi connectivity index (χ2n) is 5.34. The molecule has 1 fully saturated rings. The Hall–Kier alpha value is -1.04. The summed E-state index contributed by atoms with van der Waals surface area (Å²) in [5.41, 5.74) is 0.138. The van der Waals surface area contributed by atoms with Crippen molar-refractivity contribution >= 4 is 0 Å². The van der Waals surface area contributed by atoms with Gasteiger partial charge in [-0.2, -0.15) is 0 Å². The van der Waals surface area contributed by atoms with E-state index in [1.165, 1.54) is 6.07 Å². The van der Waals surface area contributed by atoms with Gasteiger partial charge in [0, 0.05) is 30.8 Å². The molecule has 1 aromatic carbocycles. The number of nitrogens with zero attached hydrogens (tertiary/aromatic N) is 1. The lowest BCUT2D eigenvalue weighted by molar-refractivity contribution is 0.103. The van der Waals surface area contributed by atoms with Crippen LogP contribution in [0.4, 0.5) is 8.78 Å². The highest BCUT2D eigenvalue weighted by Gasteiger charge is 2.30. The molecule has 1 saturated carbocycles. The predicted octanol–water partition coefficient (Wildman–Crippen LogP) is 2.24. The van der Waals surface area contributed by atoms with Crippen molar-refractivity contribution in [3.8, 4) is 0 Å². The highest BCUT2D eigenvalue weighted by atomic mass is 19.1. The molecule has 0 aliphatic heterocycles. The van der Waals surface area contributed by atoms with Crippen molar-refractivity contribution < 1.29 is 19.0 Å². The van der Waals surface area contributed by atoms with Gasteiger partial charge in [-0.15, -0.1) is 0 Å². The number of hydrogen-bond donors (Lipinski definition) is 2. The van der Waals surface area contributed by atoms with Crippen LogP contribution in [0.1, 0.15) is 37.4 Å². The summed E-state index contributed by atoms with van der Waals surface area (Å²) in [5, 5.41) is 18.9. The standard InChI is InChI=1S/C15H21F2NO2/c16-11-3-6-13(14(17)9-11)15(20)10-18(12-4-5-12)7-1-2-8-19/h3,6,9,12,15,19-20H,1-2,4-5,7-8,10H2. The fourth-order valence-corrected chi connectivity index (χ4v) is 2.38. The van der Waals surface area contributed by atoms with E-state index < -0.39 is 17.7 Å². The summed E-state index contributed by atoms with van der Waals surface area (Å²) in [6.45, 7) is 1.29. The summed E-state index contributed by atoms with van der Waals surface area (Å²) in [6.07, 6.45) is 2.82. The van der Waals surface area contributed by atoms with Crippen LogP contribution in [0.2, 0.25) is 0 Å². The predicted molar refractivity (Wildman–Crippen MR) is 72.2 cm³/mol. The van der Waals surface area contributed by atoms with Gasteiger partial charge >= 0.3 is 0 Å². The maximum absolute atomic E-state index is 13.6. The largest absolute Gasteiger partial charge is 0.396 e. The van der Waals surface area contributed by atoms with Gasteiger partial charge in [-0.05, 0) is 38.3 Å². The molecule has 0 saturated heterocycles. The van der Waals surface area contributed by atoms with E-state index in [1.54, 1.807) is 0 Å². The number of aliphatic hydroxyl groups is 2. The van der Waals surface area contributed by atoms with Crippen molar-refractivity contribution in [1.29, 1.82) is 0 Å². The summed E-state index contributed by atoms with van der Waals surface area (Å²) in [4.78, 5) is 2.13. The third-order valence-electron chi connectivity index (χ3n) is 3.65. The Morgan fingerprint density at radius 3 is 2.60 bits per heavy atom. The molecular weight excluding hydrogens is 264 g/mol. The zero-order valence-electron chi connectivity index (χ0n) is 11.4. The van der Waals surface area contributed by atoms with Gasteiger partial charge in [0.25, 0.3) is 0 Å². The second kappa shape index (κ2) is 7.11. The first-order valence-corrected chi connectivity index (χ1v) is 7.09. The molecule has 0 spiro atoms. The molecule has 3 nitrogen and oxygen atoms in total. The molecule has 5 heteroatoms. The Morgan fingerprint density at radius 1 is 1.25 bits per heavy atom. The SMILES string of the molecule is OCCCCN(CC(O)c1ccc(F)cc1F)C1CC1. The molecule has 112 valence electrons. The molecule has 0 bridgehead atoms. The monoisotopic (exact) mass is 285 g/mol. The van der Waals surface area contributed by atoms with Crippen LogP contribution in [0.5, 0.6) is 0 Å². The summed E-state index contributed by atoms with van der Waals surface area (Å²) in [5.74, 6) is -1.34. The number of rotatable bonds is 8. The summed E-state index contributed by atoms with van der Waals surface area (Å²) in [7, 11) is 0. The maximum Gasteiger partial charge on any atom is 0.131 e. The zero-order valence-corrected chi connectivity index (χ0v) is 11.4. The van der Waals surface area contributed by atoms with Crippen LogP contribution in [-0.2, 0) is 0 Å². The van der Waals surface area contributed by atoms with Crippen LogP contribution in [0.15, 0.2) is 18.2 Å². The summed E-state index contributed by atoms with van der Waals surface area (Å²) in [6, 6.07) is 3.71. The minimum absolute atomic E-state index is 0.138. The van der Waals surface area contributed by atoms with Crippen molar-refractivity contribution in [3.05, 3.63) is 35.4 Å². The number of halogens is 2. The van der Waals surface area contributed by atoms with E-state index >= 15 is 0 Å². The molecule has 1 aromatic rings. The van der Waals surface area contributed by atoms with Crippen LogP contribution < -0.4 is 0 Å². The van der Waals surface area contributed by atoms with Crippen LogP contribution in [0, 0.1) is 11.6 Å². The van der Waals surface area contributed by atoms with E-state index in [-0.39, 0.29) is 12.2 Å². The third-order valence-corrected chi connectivity index (χ3v) is 3.65. The van der Waals surface area contributed by atoms with Crippen LogP contribution in [-0.4, -0.2) is 40.9 Å². The lowest BCUT2D eigenvalue weighted by Gasteiger charge is -2.25. The quantitative estimate of drug-likeness (QED) is 0.720. The molecule has 0 radical (unpaired) electrons. The molecule has 0 amide bonds. The molecule has 0 aromatic heterocycles. The lowest BCUT2D eigenvalue weighted by atomic mass is 10.1. The number of aliphatic hydroxyl groups excluding tert-OH is 2. The first-order chi connectivity index (χ1) is 9.61. The molecule has 0 heterocycles. The summed E-state index contributed by atoms with van der Waals surface area (Å²) >= 11 is 0. The van der Waals surface area contributed by atoms with Crippen LogP contribution >= 0.6 is 0 Å². The topological polar surface area (TPSA) is 43.7 Å². The average Bonchev–Trinajstić information content (AvgIpc) is 3.21. The van der Waals surface area contributed by atoms with Crippen molar-refractivity contribution in [2.45, 2.75) is 37.8 Å². The van der Waals surface area contributed by atoms with Crippen LogP contribution in [0.3, 0.4) is 0 Å². The van der Waals surface area contributed by atoms with E-state index in [1.807, 2.05) is 0 Å². The molecule has 1 unspecified atom stereocenters. The third kappa shape index (κ3) is 4.23. The van der Waals surface area contributed by atoms with E-state index in [2.05, 4.69) is 4.90 Å². The van der Waals surface area contributed by atoms with Crippen molar-refractivity contribution in [2.24, 2.45) is 0 Å². The van der Waals surface area contributed by atoms with E-state index in [0.717, 1.165) is 44.4 Å². The average molecular weight is 285 g/mol. The fourth-order valence-electron chi connectivity index (χ4n) is 2.38. The van der Waals surface area contributed by atoms with Gasteiger partial charge in [0.15, 0.2) is 0 Å². The molecule has 1 aliphatic carbocycles. The fraction of sp³-hybridized carbons (Fsp3) is 0.600. The maximum atomic E-state index is 13.6. The van der Waals surface area contributed by atoms with Crippen molar-refractivity contribution in [3.63, 3.8) is 0 Å². The first-order valence-electron chi connectivity index (χ1n) is 7.09. The first kappa shape index (κ1) is 15.4. The highest BCUT2D eigenvalue weighted by Crippen LogP contribution is 2.29. The zero-order chi connectivity index (χ0) is 14.5. The van der Waals surface area contributed by atoms with Gasteiger partial charge in [0.05, 0.1) is 6.10 Å². The molecule has 2 rings (SSSR count). The number of benzene rings is 1. The second-order valence-corrected chi connectivity index (χ2v) is 5.34. The Morgan fingerprint density at radius 2 is 2.00 bits per heavy atom. The number of unbranched alkanes of at least 4 members (excludes halogenated alkanes) is 1. The van der Waals surface area contributed by atoms with E-state index in [9.17, 15) is 13.9 Å².